The van der Waals surface area contributed by atoms with Crippen molar-refractivity contribution >= 4 is 21.5 Å². The van der Waals surface area contributed by atoms with Crippen molar-refractivity contribution in [1.29, 1.82) is 0 Å². The lowest BCUT2D eigenvalue weighted by molar-refractivity contribution is 0.776. The van der Waals surface area contributed by atoms with Crippen molar-refractivity contribution in [3.05, 3.63) is 156 Å². The summed E-state index contributed by atoms with van der Waals surface area (Å²) in [5.41, 5.74) is 7.70. The fraction of sp³-hybridized carbons (Fsp3) is 0.0303. The first kappa shape index (κ1) is 18.4. The fourth-order valence-electron chi connectivity index (χ4n) is 6.04. The molecule has 0 amide bonds. The number of fused-ring (bicyclic) bond motifs is 7. The molecule has 154 valence electrons. The maximum Gasteiger partial charge on any atom is 0.0719 e. The summed E-state index contributed by atoms with van der Waals surface area (Å²) in [6.45, 7) is 0. The van der Waals surface area contributed by atoms with Gasteiger partial charge in [0.1, 0.15) is 0 Å². The number of benzene rings is 6. The number of hydrogen-bond acceptors (Lipinski definition) is 0. The van der Waals surface area contributed by atoms with Gasteiger partial charge in [-0.05, 0) is 54.9 Å². The Balaban J connectivity index is 1.78. The molecule has 6 aromatic rings. The molecule has 33 heavy (non-hydrogen) atoms. The van der Waals surface area contributed by atoms with E-state index in [4.69, 9.17) is 0 Å². The van der Waals surface area contributed by atoms with Gasteiger partial charge >= 0.3 is 0 Å². The van der Waals surface area contributed by atoms with Gasteiger partial charge < -0.3 is 0 Å². The zero-order chi connectivity index (χ0) is 21.8. The molecule has 6 aromatic carbocycles. The molecule has 1 aliphatic carbocycles. The molecule has 0 saturated heterocycles. The van der Waals surface area contributed by atoms with E-state index in [1.807, 2.05) is 0 Å². The SMILES string of the molecule is c1ccc(C2(c3ccccc3)c3ccc4ccccc4c3-c3ccc4ccccc4c32)cc1. The Morgan fingerprint density at radius 1 is 0.394 bits per heavy atom. The molecule has 0 atom stereocenters. The molecule has 0 saturated carbocycles. The number of hydrogen-bond donors (Lipinski definition) is 0. The molecule has 0 spiro atoms. The van der Waals surface area contributed by atoms with Gasteiger partial charge in [-0.25, -0.2) is 0 Å². The minimum absolute atomic E-state index is 0.377. The quantitative estimate of drug-likeness (QED) is 0.265. The molecule has 0 aromatic heterocycles. The van der Waals surface area contributed by atoms with Gasteiger partial charge in [-0.1, -0.05) is 133 Å². The van der Waals surface area contributed by atoms with E-state index in [0.717, 1.165) is 0 Å². The third kappa shape index (κ3) is 2.41. The van der Waals surface area contributed by atoms with Crippen LogP contribution in [-0.2, 0) is 5.41 Å². The van der Waals surface area contributed by atoms with Gasteiger partial charge in [0.25, 0.3) is 0 Å². The molecule has 1 aliphatic rings. The Labute approximate surface area is 193 Å². The zero-order valence-electron chi connectivity index (χ0n) is 18.2. The van der Waals surface area contributed by atoms with E-state index in [9.17, 15) is 0 Å². The molecular formula is C33H22. The zero-order valence-corrected chi connectivity index (χ0v) is 18.2. The summed E-state index contributed by atoms with van der Waals surface area (Å²) in [5.74, 6) is 0. The average molecular weight is 419 g/mol. The summed E-state index contributed by atoms with van der Waals surface area (Å²) >= 11 is 0. The van der Waals surface area contributed by atoms with Crippen molar-refractivity contribution in [2.75, 3.05) is 0 Å². The largest absolute Gasteiger partial charge is 0.0719 e. The predicted molar refractivity (Wildman–Crippen MR) is 139 cm³/mol. The Bertz CT molecular complexity index is 1600. The highest BCUT2D eigenvalue weighted by Crippen LogP contribution is 2.59. The van der Waals surface area contributed by atoms with E-state index in [-0.39, 0.29) is 5.41 Å². The molecule has 0 radical (unpaired) electrons. The summed E-state index contributed by atoms with van der Waals surface area (Å²) in [6.07, 6.45) is 0. The van der Waals surface area contributed by atoms with Gasteiger partial charge in [-0.2, -0.15) is 0 Å². The van der Waals surface area contributed by atoms with Crippen LogP contribution < -0.4 is 0 Å². The lowest BCUT2D eigenvalue weighted by atomic mass is 9.66. The monoisotopic (exact) mass is 418 g/mol. The first-order valence-corrected chi connectivity index (χ1v) is 11.5. The number of rotatable bonds is 2. The third-order valence-electron chi connectivity index (χ3n) is 7.32. The van der Waals surface area contributed by atoms with Crippen molar-refractivity contribution in [2.24, 2.45) is 0 Å². The van der Waals surface area contributed by atoms with E-state index >= 15 is 0 Å². The smallest absolute Gasteiger partial charge is 0.0622 e. The highest BCUT2D eigenvalue weighted by molar-refractivity contribution is 6.08. The minimum atomic E-state index is -0.377. The van der Waals surface area contributed by atoms with Crippen LogP contribution >= 0.6 is 0 Å². The predicted octanol–water partition coefficient (Wildman–Crippen LogP) is 8.36. The van der Waals surface area contributed by atoms with Gasteiger partial charge in [0.05, 0.1) is 5.41 Å². The van der Waals surface area contributed by atoms with E-state index in [2.05, 4.69) is 133 Å². The molecule has 0 aliphatic heterocycles. The minimum Gasteiger partial charge on any atom is -0.0622 e. The van der Waals surface area contributed by atoms with Gasteiger partial charge in [-0.3, -0.25) is 0 Å². The van der Waals surface area contributed by atoms with E-state index in [1.54, 1.807) is 0 Å². The Morgan fingerprint density at radius 3 is 1.58 bits per heavy atom. The molecular weight excluding hydrogens is 396 g/mol. The molecule has 0 N–H and O–H groups in total. The van der Waals surface area contributed by atoms with Crippen LogP contribution in [0.5, 0.6) is 0 Å². The van der Waals surface area contributed by atoms with Crippen molar-refractivity contribution in [2.45, 2.75) is 5.41 Å². The van der Waals surface area contributed by atoms with Crippen molar-refractivity contribution < 1.29 is 0 Å². The molecule has 0 bridgehead atoms. The van der Waals surface area contributed by atoms with Crippen LogP contribution in [0.15, 0.2) is 133 Å². The molecule has 0 heteroatoms. The van der Waals surface area contributed by atoms with Crippen LogP contribution in [0.2, 0.25) is 0 Å². The molecule has 0 fully saturated rings. The summed E-state index contributed by atoms with van der Waals surface area (Å²) in [5, 5.41) is 5.21. The lowest BCUT2D eigenvalue weighted by Crippen LogP contribution is -2.28. The highest BCUT2D eigenvalue weighted by atomic mass is 14.5. The third-order valence-corrected chi connectivity index (χ3v) is 7.32. The highest BCUT2D eigenvalue weighted by Gasteiger charge is 2.47. The van der Waals surface area contributed by atoms with Gasteiger partial charge in [0.2, 0.25) is 0 Å². The normalized spacial score (nSPS) is 13.7. The van der Waals surface area contributed by atoms with E-state index in [1.165, 1.54) is 54.9 Å². The Hall–Kier alpha value is -4.16. The second-order valence-corrected chi connectivity index (χ2v) is 8.90. The van der Waals surface area contributed by atoms with Gasteiger partial charge in [-0.15, -0.1) is 0 Å². The molecule has 7 rings (SSSR count). The standard InChI is InChI=1S/C33H22/c1-3-13-25(14-4-1)33(26-15-5-2-6-16-26)30-22-20-23-11-7-9-17-27(23)31(30)29-21-19-24-12-8-10-18-28(24)32(29)33/h1-22H. The lowest BCUT2D eigenvalue weighted by Gasteiger charge is -2.34. The van der Waals surface area contributed by atoms with Crippen molar-refractivity contribution in [3.8, 4) is 11.1 Å². The maximum atomic E-state index is 2.37. The second-order valence-electron chi connectivity index (χ2n) is 8.90. The Kier molecular flexibility index (Phi) is 3.86. The van der Waals surface area contributed by atoms with Crippen LogP contribution in [0.4, 0.5) is 0 Å². The van der Waals surface area contributed by atoms with Crippen molar-refractivity contribution in [3.63, 3.8) is 0 Å². The van der Waals surface area contributed by atoms with Crippen LogP contribution in [0, 0.1) is 0 Å². The van der Waals surface area contributed by atoms with Crippen LogP contribution in [0.1, 0.15) is 22.3 Å². The van der Waals surface area contributed by atoms with Crippen LogP contribution in [-0.4, -0.2) is 0 Å². The maximum absolute atomic E-state index is 2.37. The summed E-state index contributed by atoms with van der Waals surface area (Å²) in [4.78, 5) is 0. The summed E-state index contributed by atoms with van der Waals surface area (Å²) in [7, 11) is 0. The van der Waals surface area contributed by atoms with Gasteiger partial charge in [0, 0.05) is 0 Å². The second kappa shape index (κ2) is 6.92. The Morgan fingerprint density at radius 2 is 0.909 bits per heavy atom. The topological polar surface area (TPSA) is 0 Å². The van der Waals surface area contributed by atoms with Crippen LogP contribution in [0.25, 0.3) is 32.7 Å². The summed E-state index contributed by atoms with van der Waals surface area (Å²) < 4.78 is 0. The van der Waals surface area contributed by atoms with E-state index in [0.29, 0.717) is 0 Å². The van der Waals surface area contributed by atoms with Crippen LogP contribution in [0.3, 0.4) is 0 Å². The first-order chi connectivity index (χ1) is 16.4. The summed E-state index contributed by atoms with van der Waals surface area (Å²) in [6, 6.07) is 49.0. The average Bonchev–Trinajstić information content (AvgIpc) is 3.22. The fourth-order valence-corrected chi connectivity index (χ4v) is 6.04. The van der Waals surface area contributed by atoms with E-state index < -0.39 is 0 Å². The molecule has 0 heterocycles. The first-order valence-electron chi connectivity index (χ1n) is 11.5. The van der Waals surface area contributed by atoms with Crippen molar-refractivity contribution in [1.82, 2.24) is 0 Å². The molecule has 0 nitrogen and oxygen atoms in total. The van der Waals surface area contributed by atoms with Gasteiger partial charge in [0.15, 0.2) is 0 Å². The molecule has 0 unspecified atom stereocenters.